The molecule has 0 bridgehead atoms. The molecule has 0 unspecified atom stereocenters. The van der Waals surface area contributed by atoms with Gasteiger partial charge in [0.05, 0.1) is 6.54 Å². The third kappa shape index (κ3) is 2.56. The van der Waals surface area contributed by atoms with Crippen LogP contribution in [0.25, 0.3) is 0 Å². The maximum Gasteiger partial charge on any atom is 0.355 e. The van der Waals surface area contributed by atoms with E-state index in [1.165, 1.54) is 16.7 Å². The van der Waals surface area contributed by atoms with E-state index in [2.05, 4.69) is 15.3 Å². The Labute approximate surface area is 99.8 Å². The molecule has 0 amide bonds. The minimum absolute atomic E-state index is 0.0721. The van der Waals surface area contributed by atoms with E-state index >= 15 is 0 Å². The summed E-state index contributed by atoms with van der Waals surface area (Å²) in [5, 5.41) is 14.8. The summed E-state index contributed by atoms with van der Waals surface area (Å²) in [6, 6.07) is 0. The van der Waals surface area contributed by atoms with Gasteiger partial charge in [-0.25, -0.2) is 14.8 Å². The normalized spacial score (nSPS) is 10.3. The SMILES string of the molecule is Cc1cnc(CNc2nc(C(=O)O)cs2)s1. The van der Waals surface area contributed by atoms with Crippen LogP contribution < -0.4 is 5.32 Å². The Morgan fingerprint density at radius 2 is 2.44 bits per heavy atom. The van der Waals surface area contributed by atoms with Crippen molar-refractivity contribution < 1.29 is 9.90 Å². The van der Waals surface area contributed by atoms with Gasteiger partial charge in [-0.15, -0.1) is 22.7 Å². The van der Waals surface area contributed by atoms with Crippen molar-refractivity contribution in [1.29, 1.82) is 0 Å². The molecule has 0 saturated carbocycles. The van der Waals surface area contributed by atoms with Crippen LogP contribution in [-0.2, 0) is 6.54 Å². The van der Waals surface area contributed by atoms with Crippen molar-refractivity contribution in [3.05, 3.63) is 27.2 Å². The molecule has 5 nitrogen and oxygen atoms in total. The van der Waals surface area contributed by atoms with Crippen molar-refractivity contribution >= 4 is 33.8 Å². The summed E-state index contributed by atoms with van der Waals surface area (Å²) in [4.78, 5) is 19.9. The van der Waals surface area contributed by atoms with E-state index in [0.29, 0.717) is 11.7 Å². The van der Waals surface area contributed by atoms with Gasteiger partial charge in [0.2, 0.25) is 0 Å². The van der Waals surface area contributed by atoms with Crippen LogP contribution in [0.5, 0.6) is 0 Å². The lowest BCUT2D eigenvalue weighted by Crippen LogP contribution is -2.00. The lowest BCUT2D eigenvalue weighted by atomic mass is 10.5. The van der Waals surface area contributed by atoms with Gasteiger partial charge in [-0.3, -0.25) is 0 Å². The predicted octanol–water partition coefficient (Wildman–Crippen LogP) is 2.22. The first-order valence-electron chi connectivity index (χ1n) is 4.49. The standard InChI is InChI=1S/C9H9N3O2S2/c1-5-2-10-7(16-5)3-11-9-12-6(4-15-9)8(13)14/h2,4H,3H2,1H3,(H,11,12)(H,13,14). The fourth-order valence-electron chi connectivity index (χ4n) is 1.09. The summed E-state index contributed by atoms with van der Waals surface area (Å²) >= 11 is 2.88. The number of carbonyl (C=O) groups is 1. The van der Waals surface area contributed by atoms with Gasteiger partial charge in [-0.1, -0.05) is 0 Å². The average molecular weight is 255 g/mol. The van der Waals surface area contributed by atoms with Crippen LogP contribution in [0.4, 0.5) is 5.13 Å². The van der Waals surface area contributed by atoms with Crippen LogP contribution in [0.2, 0.25) is 0 Å². The fourth-order valence-corrected chi connectivity index (χ4v) is 2.50. The molecule has 16 heavy (non-hydrogen) atoms. The lowest BCUT2D eigenvalue weighted by molar-refractivity contribution is 0.0691. The van der Waals surface area contributed by atoms with Crippen LogP contribution in [0, 0.1) is 6.92 Å². The molecule has 0 aliphatic carbocycles. The minimum atomic E-state index is -1.01. The number of thiazole rings is 2. The van der Waals surface area contributed by atoms with Gasteiger partial charge < -0.3 is 10.4 Å². The number of aromatic nitrogens is 2. The highest BCUT2D eigenvalue weighted by molar-refractivity contribution is 7.14. The number of hydrogen-bond donors (Lipinski definition) is 2. The Kier molecular flexibility index (Phi) is 3.16. The van der Waals surface area contributed by atoms with Crippen molar-refractivity contribution in [2.45, 2.75) is 13.5 Å². The largest absolute Gasteiger partial charge is 0.476 e. The van der Waals surface area contributed by atoms with Crippen molar-refractivity contribution in [3.8, 4) is 0 Å². The second-order valence-corrected chi connectivity index (χ2v) is 5.24. The second-order valence-electron chi connectivity index (χ2n) is 3.06. The molecule has 0 atom stereocenters. The Bertz CT molecular complexity index is 506. The van der Waals surface area contributed by atoms with E-state index in [-0.39, 0.29) is 5.69 Å². The summed E-state index contributed by atoms with van der Waals surface area (Å²) in [5.41, 5.74) is 0.0721. The zero-order valence-corrected chi connectivity index (χ0v) is 10.1. The number of anilines is 1. The van der Waals surface area contributed by atoms with Gasteiger partial charge >= 0.3 is 5.97 Å². The monoisotopic (exact) mass is 255 g/mol. The molecule has 0 aliphatic heterocycles. The van der Waals surface area contributed by atoms with Crippen LogP contribution >= 0.6 is 22.7 Å². The van der Waals surface area contributed by atoms with Crippen molar-refractivity contribution in [1.82, 2.24) is 9.97 Å². The third-order valence-corrected chi connectivity index (χ3v) is 3.50. The van der Waals surface area contributed by atoms with E-state index < -0.39 is 5.97 Å². The summed E-state index contributed by atoms with van der Waals surface area (Å²) in [6.07, 6.45) is 1.81. The first-order valence-corrected chi connectivity index (χ1v) is 6.19. The molecule has 7 heteroatoms. The minimum Gasteiger partial charge on any atom is -0.476 e. The van der Waals surface area contributed by atoms with E-state index in [1.54, 1.807) is 11.3 Å². The average Bonchev–Trinajstić information content (AvgIpc) is 2.83. The molecule has 2 aromatic heterocycles. The second kappa shape index (κ2) is 4.58. The highest BCUT2D eigenvalue weighted by Crippen LogP contribution is 2.18. The summed E-state index contributed by atoms with van der Waals surface area (Å²) < 4.78 is 0. The Morgan fingerprint density at radius 3 is 3.00 bits per heavy atom. The number of rotatable bonds is 4. The van der Waals surface area contributed by atoms with Crippen LogP contribution in [0.3, 0.4) is 0 Å². The van der Waals surface area contributed by atoms with Gasteiger partial charge in [0.15, 0.2) is 10.8 Å². The molecule has 2 aromatic rings. The number of nitrogens with one attached hydrogen (secondary N) is 1. The molecule has 0 fully saturated rings. The smallest absolute Gasteiger partial charge is 0.355 e. The van der Waals surface area contributed by atoms with Crippen LogP contribution in [0.1, 0.15) is 20.4 Å². The molecule has 0 radical (unpaired) electrons. The van der Waals surface area contributed by atoms with Gasteiger partial charge in [-0.2, -0.15) is 0 Å². The molecule has 2 heterocycles. The number of hydrogen-bond acceptors (Lipinski definition) is 6. The van der Waals surface area contributed by atoms with E-state index in [4.69, 9.17) is 5.11 Å². The number of aromatic carboxylic acids is 1. The Morgan fingerprint density at radius 1 is 1.62 bits per heavy atom. The van der Waals surface area contributed by atoms with E-state index in [9.17, 15) is 4.79 Å². The van der Waals surface area contributed by atoms with Crippen molar-refractivity contribution in [2.24, 2.45) is 0 Å². The number of carboxylic acid groups (broad SMARTS) is 1. The molecular weight excluding hydrogens is 246 g/mol. The molecule has 0 aromatic carbocycles. The number of nitrogens with zero attached hydrogens (tertiary/aromatic N) is 2. The van der Waals surface area contributed by atoms with Crippen molar-refractivity contribution in [2.75, 3.05) is 5.32 Å². The topological polar surface area (TPSA) is 75.1 Å². The summed E-state index contributed by atoms with van der Waals surface area (Å²) in [5.74, 6) is -1.01. The molecule has 2 rings (SSSR count). The number of aryl methyl sites for hydroxylation is 1. The highest BCUT2D eigenvalue weighted by Gasteiger charge is 2.08. The predicted molar refractivity (Wildman–Crippen MR) is 63.3 cm³/mol. The van der Waals surface area contributed by atoms with E-state index in [0.717, 1.165) is 9.88 Å². The fraction of sp³-hybridized carbons (Fsp3) is 0.222. The molecule has 84 valence electrons. The molecule has 2 N–H and O–H groups in total. The Balaban J connectivity index is 1.97. The van der Waals surface area contributed by atoms with Gasteiger partial charge in [0.1, 0.15) is 5.01 Å². The van der Waals surface area contributed by atoms with Gasteiger partial charge in [0.25, 0.3) is 0 Å². The Hall–Kier alpha value is -1.47. The molecule has 0 saturated heterocycles. The summed E-state index contributed by atoms with van der Waals surface area (Å²) in [6.45, 7) is 2.57. The van der Waals surface area contributed by atoms with Gasteiger partial charge in [-0.05, 0) is 6.92 Å². The molecular formula is C9H9N3O2S2. The third-order valence-electron chi connectivity index (χ3n) is 1.78. The van der Waals surface area contributed by atoms with Crippen LogP contribution in [0.15, 0.2) is 11.6 Å². The zero-order chi connectivity index (χ0) is 11.5. The summed E-state index contributed by atoms with van der Waals surface area (Å²) in [7, 11) is 0. The maximum absolute atomic E-state index is 10.6. The molecule has 0 spiro atoms. The quantitative estimate of drug-likeness (QED) is 0.876. The van der Waals surface area contributed by atoms with Crippen LogP contribution in [-0.4, -0.2) is 21.0 Å². The maximum atomic E-state index is 10.6. The lowest BCUT2D eigenvalue weighted by Gasteiger charge is -1.97. The first kappa shape index (κ1) is 11.0. The number of carboxylic acids is 1. The zero-order valence-electron chi connectivity index (χ0n) is 8.43. The molecule has 0 aliphatic rings. The van der Waals surface area contributed by atoms with E-state index in [1.807, 2.05) is 13.1 Å². The van der Waals surface area contributed by atoms with Gasteiger partial charge in [0, 0.05) is 16.5 Å². The highest BCUT2D eigenvalue weighted by atomic mass is 32.1. The van der Waals surface area contributed by atoms with Crippen molar-refractivity contribution in [3.63, 3.8) is 0 Å². The first-order chi connectivity index (χ1) is 7.65.